The SMILES string of the molecule is CCC(N)=NCC1(CC(C)C)CCCC1. The van der Waals surface area contributed by atoms with Crippen LogP contribution in [0, 0.1) is 11.3 Å². The van der Waals surface area contributed by atoms with Gasteiger partial charge in [-0.15, -0.1) is 0 Å². The monoisotopic (exact) mass is 210 g/mol. The molecule has 0 aliphatic heterocycles. The van der Waals surface area contributed by atoms with Crippen molar-refractivity contribution in [3.05, 3.63) is 0 Å². The molecule has 0 radical (unpaired) electrons. The highest BCUT2D eigenvalue weighted by Crippen LogP contribution is 2.43. The van der Waals surface area contributed by atoms with Crippen molar-refractivity contribution in [1.29, 1.82) is 0 Å². The van der Waals surface area contributed by atoms with Crippen LogP contribution in [0.3, 0.4) is 0 Å². The molecule has 0 saturated heterocycles. The van der Waals surface area contributed by atoms with E-state index in [1.807, 2.05) is 0 Å². The van der Waals surface area contributed by atoms with Gasteiger partial charge in [0.2, 0.25) is 0 Å². The minimum atomic E-state index is 0.480. The quantitative estimate of drug-likeness (QED) is 0.548. The molecule has 0 heterocycles. The predicted octanol–water partition coefficient (Wildman–Crippen LogP) is 3.36. The summed E-state index contributed by atoms with van der Waals surface area (Å²) in [5.74, 6) is 1.60. The summed E-state index contributed by atoms with van der Waals surface area (Å²) >= 11 is 0. The molecule has 0 aromatic rings. The van der Waals surface area contributed by atoms with Crippen molar-refractivity contribution < 1.29 is 0 Å². The molecule has 15 heavy (non-hydrogen) atoms. The third-order valence-electron chi connectivity index (χ3n) is 3.49. The van der Waals surface area contributed by atoms with E-state index in [1.165, 1.54) is 32.1 Å². The fourth-order valence-corrected chi connectivity index (χ4v) is 2.80. The number of nitrogens with two attached hydrogens (primary N) is 1. The topological polar surface area (TPSA) is 38.4 Å². The lowest BCUT2D eigenvalue weighted by atomic mass is 9.78. The fourth-order valence-electron chi connectivity index (χ4n) is 2.80. The van der Waals surface area contributed by atoms with E-state index in [-0.39, 0.29) is 0 Å². The van der Waals surface area contributed by atoms with Crippen LogP contribution in [0.5, 0.6) is 0 Å². The van der Waals surface area contributed by atoms with Crippen LogP contribution in [0.2, 0.25) is 0 Å². The second-order valence-electron chi connectivity index (χ2n) is 5.47. The molecule has 1 aliphatic carbocycles. The molecule has 0 unspecified atom stereocenters. The minimum Gasteiger partial charge on any atom is -0.387 e. The van der Waals surface area contributed by atoms with Crippen molar-refractivity contribution in [1.82, 2.24) is 0 Å². The minimum absolute atomic E-state index is 0.480. The van der Waals surface area contributed by atoms with Crippen LogP contribution in [-0.2, 0) is 0 Å². The molecular formula is C13H26N2. The Labute approximate surface area is 94.3 Å². The molecule has 2 heteroatoms. The molecule has 2 N–H and O–H groups in total. The van der Waals surface area contributed by atoms with Gasteiger partial charge >= 0.3 is 0 Å². The summed E-state index contributed by atoms with van der Waals surface area (Å²) in [4.78, 5) is 4.54. The Hall–Kier alpha value is -0.530. The van der Waals surface area contributed by atoms with Gasteiger partial charge in [-0.2, -0.15) is 0 Å². The van der Waals surface area contributed by atoms with Crippen molar-refractivity contribution in [3.63, 3.8) is 0 Å². The molecule has 0 bridgehead atoms. The van der Waals surface area contributed by atoms with Gasteiger partial charge in [-0.25, -0.2) is 0 Å². The van der Waals surface area contributed by atoms with Gasteiger partial charge in [-0.3, -0.25) is 4.99 Å². The number of aliphatic imine (C=N–C) groups is 1. The maximum Gasteiger partial charge on any atom is 0.0934 e. The lowest BCUT2D eigenvalue weighted by Crippen LogP contribution is -2.24. The van der Waals surface area contributed by atoms with E-state index in [4.69, 9.17) is 5.73 Å². The maximum atomic E-state index is 5.79. The molecule has 1 fully saturated rings. The highest BCUT2D eigenvalue weighted by Gasteiger charge is 2.33. The van der Waals surface area contributed by atoms with E-state index >= 15 is 0 Å². The zero-order chi connectivity index (χ0) is 11.3. The molecule has 0 spiro atoms. The molecule has 1 aliphatic rings. The smallest absolute Gasteiger partial charge is 0.0934 e. The molecule has 0 atom stereocenters. The van der Waals surface area contributed by atoms with Gasteiger partial charge in [-0.1, -0.05) is 33.6 Å². The van der Waals surface area contributed by atoms with Crippen molar-refractivity contribution in [2.24, 2.45) is 22.1 Å². The molecule has 0 aromatic heterocycles. The molecule has 88 valence electrons. The summed E-state index contributed by atoms with van der Waals surface area (Å²) in [7, 11) is 0. The highest BCUT2D eigenvalue weighted by molar-refractivity contribution is 5.79. The fraction of sp³-hybridized carbons (Fsp3) is 0.923. The van der Waals surface area contributed by atoms with Crippen LogP contribution in [-0.4, -0.2) is 12.4 Å². The Morgan fingerprint density at radius 2 is 1.93 bits per heavy atom. The first-order chi connectivity index (χ1) is 7.08. The normalized spacial score (nSPS) is 21.2. The number of amidine groups is 1. The number of nitrogens with zero attached hydrogens (tertiary/aromatic N) is 1. The second kappa shape index (κ2) is 5.53. The summed E-state index contributed by atoms with van der Waals surface area (Å²) in [5.41, 5.74) is 6.27. The van der Waals surface area contributed by atoms with Crippen molar-refractivity contribution >= 4 is 5.84 Å². The van der Waals surface area contributed by atoms with Crippen LogP contribution >= 0.6 is 0 Å². The Bertz CT molecular complexity index is 213. The average molecular weight is 210 g/mol. The molecule has 0 amide bonds. The first kappa shape index (κ1) is 12.5. The first-order valence-corrected chi connectivity index (χ1v) is 6.37. The Kier molecular flexibility index (Phi) is 4.62. The van der Waals surface area contributed by atoms with Crippen LogP contribution in [0.15, 0.2) is 4.99 Å². The van der Waals surface area contributed by atoms with E-state index < -0.39 is 0 Å². The largest absolute Gasteiger partial charge is 0.387 e. The van der Waals surface area contributed by atoms with Crippen LogP contribution in [0.1, 0.15) is 59.3 Å². The van der Waals surface area contributed by atoms with Gasteiger partial charge in [0.1, 0.15) is 0 Å². The maximum absolute atomic E-state index is 5.79. The number of rotatable bonds is 5. The zero-order valence-electron chi connectivity index (χ0n) is 10.6. The molecule has 1 rings (SSSR count). The van der Waals surface area contributed by atoms with Gasteiger partial charge in [0.15, 0.2) is 0 Å². The van der Waals surface area contributed by atoms with Gasteiger partial charge in [0.25, 0.3) is 0 Å². The van der Waals surface area contributed by atoms with Crippen LogP contribution in [0.4, 0.5) is 0 Å². The van der Waals surface area contributed by atoms with E-state index in [2.05, 4.69) is 25.8 Å². The number of hydrogen-bond donors (Lipinski definition) is 1. The van der Waals surface area contributed by atoms with Gasteiger partial charge in [0.05, 0.1) is 5.84 Å². The lowest BCUT2D eigenvalue weighted by molar-refractivity contribution is 0.245. The Morgan fingerprint density at radius 3 is 2.40 bits per heavy atom. The Balaban J connectivity index is 2.57. The van der Waals surface area contributed by atoms with Crippen molar-refractivity contribution in [2.45, 2.75) is 59.3 Å². The van der Waals surface area contributed by atoms with Crippen molar-refractivity contribution in [2.75, 3.05) is 6.54 Å². The molecule has 0 aromatic carbocycles. The Morgan fingerprint density at radius 1 is 1.33 bits per heavy atom. The van der Waals surface area contributed by atoms with E-state index in [0.29, 0.717) is 5.41 Å². The summed E-state index contributed by atoms with van der Waals surface area (Å²) in [5, 5.41) is 0. The van der Waals surface area contributed by atoms with Crippen molar-refractivity contribution in [3.8, 4) is 0 Å². The van der Waals surface area contributed by atoms with E-state index in [1.54, 1.807) is 0 Å². The molecule has 2 nitrogen and oxygen atoms in total. The lowest BCUT2D eigenvalue weighted by Gasteiger charge is -2.29. The third kappa shape index (κ3) is 3.84. The van der Waals surface area contributed by atoms with Crippen LogP contribution < -0.4 is 5.73 Å². The predicted molar refractivity (Wildman–Crippen MR) is 67.1 cm³/mol. The zero-order valence-corrected chi connectivity index (χ0v) is 10.6. The van der Waals surface area contributed by atoms with Gasteiger partial charge in [-0.05, 0) is 30.6 Å². The van der Waals surface area contributed by atoms with E-state index in [0.717, 1.165) is 24.7 Å². The third-order valence-corrected chi connectivity index (χ3v) is 3.49. The standard InChI is InChI=1S/C13H26N2/c1-4-12(14)15-10-13(9-11(2)3)7-5-6-8-13/h11H,4-10H2,1-3H3,(H2,14,15). The summed E-state index contributed by atoms with van der Waals surface area (Å²) in [6.07, 6.45) is 7.67. The summed E-state index contributed by atoms with van der Waals surface area (Å²) < 4.78 is 0. The van der Waals surface area contributed by atoms with Gasteiger partial charge < -0.3 is 5.73 Å². The van der Waals surface area contributed by atoms with Crippen LogP contribution in [0.25, 0.3) is 0 Å². The summed E-state index contributed by atoms with van der Waals surface area (Å²) in [6, 6.07) is 0. The van der Waals surface area contributed by atoms with Gasteiger partial charge in [0, 0.05) is 13.0 Å². The second-order valence-corrected chi connectivity index (χ2v) is 5.47. The molecule has 1 saturated carbocycles. The number of hydrogen-bond acceptors (Lipinski definition) is 1. The molecular weight excluding hydrogens is 184 g/mol. The average Bonchev–Trinajstić information content (AvgIpc) is 2.62. The highest BCUT2D eigenvalue weighted by atomic mass is 14.9. The first-order valence-electron chi connectivity index (χ1n) is 6.37. The summed E-state index contributed by atoms with van der Waals surface area (Å²) in [6.45, 7) is 7.66. The van der Waals surface area contributed by atoms with E-state index in [9.17, 15) is 0 Å².